The van der Waals surface area contributed by atoms with Gasteiger partial charge in [-0.1, -0.05) is 20.8 Å². The molecule has 146 valence electrons. The summed E-state index contributed by atoms with van der Waals surface area (Å²) < 4.78 is 41.0. The molecule has 8 heteroatoms. The molecular weight excluding hydrogens is 359 g/mol. The fourth-order valence-corrected chi connectivity index (χ4v) is 2.22. The van der Waals surface area contributed by atoms with Crippen LogP contribution in [0.3, 0.4) is 0 Å². The summed E-state index contributed by atoms with van der Waals surface area (Å²) >= 11 is 0. The van der Waals surface area contributed by atoms with Crippen LogP contribution < -0.4 is 10.1 Å². The summed E-state index contributed by atoms with van der Waals surface area (Å²) in [5.74, 6) is -0.300. The summed E-state index contributed by atoms with van der Waals surface area (Å²) in [5, 5.41) is 2.78. The standard InChI is InChI=1S/C19H22F3N3O2/c1-12(15-7-6-14(10-23-15)27-11-19(20,21)22)25-17(26)13-5-8-16(24-9-13)18(2,3)4/h5-10,12H,11H2,1-4H3,(H,25,26). The molecule has 0 aliphatic heterocycles. The van der Waals surface area contributed by atoms with E-state index in [-0.39, 0.29) is 17.1 Å². The van der Waals surface area contributed by atoms with Crippen molar-refractivity contribution in [3.05, 3.63) is 53.6 Å². The number of ether oxygens (including phenoxy) is 1. The molecule has 2 heterocycles. The lowest BCUT2D eigenvalue weighted by molar-refractivity contribution is -0.153. The molecule has 27 heavy (non-hydrogen) atoms. The molecule has 0 spiro atoms. The molecule has 1 amide bonds. The summed E-state index contributed by atoms with van der Waals surface area (Å²) in [4.78, 5) is 20.7. The van der Waals surface area contributed by atoms with Gasteiger partial charge in [0.1, 0.15) is 5.75 Å². The van der Waals surface area contributed by atoms with Crippen molar-refractivity contribution in [3.8, 4) is 5.75 Å². The Morgan fingerprint density at radius 3 is 2.30 bits per heavy atom. The number of carbonyl (C=O) groups excluding carboxylic acids is 1. The highest BCUT2D eigenvalue weighted by molar-refractivity contribution is 5.94. The van der Waals surface area contributed by atoms with Crippen LogP contribution in [-0.4, -0.2) is 28.7 Å². The maximum absolute atomic E-state index is 12.3. The van der Waals surface area contributed by atoms with Crippen LogP contribution in [0.2, 0.25) is 0 Å². The SMILES string of the molecule is CC(NC(=O)c1ccc(C(C)(C)C)nc1)c1ccc(OCC(F)(F)F)cn1. The minimum atomic E-state index is -4.41. The summed E-state index contributed by atoms with van der Waals surface area (Å²) in [6, 6.07) is 5.98. The highest BCUT2D eigenvalue weighted by Crippen LogP contribution is 2.21. The molecule has 0 fully saturated rings. The average Bonchev–Trinajstić information content (AvgIpc) is 2.59. The molecule has 0 radical (unpaired) electrons. The van der Waals surface area contributed by atoms with Gasteiger partial charge >= 0.3 is 6.18 Å². The van der Waals surface area contributed by atoms with Gasteiger partial charge in [-0.05, 0) is 31.2 Å². The topological polar surface area (TPSA) is 64.1 Å². The van der Waals surface area contributed by atoms with Gasteiger partial charge in [0.15, 0.2) is 6.61 Å². The maximum atomic E-state index is 12.3. The number of pyridine rings is 2. The highest BCUT2D eigenvalue weighted by atomic mass is 19.4. The van der Waals surface area contributed by atoms with Crippen LogP contribution in [0.4, 0.5) is 13.2 Å². The van der Waals surface area contributed by atoms with E-state index in [0.717, 1.165) is 5.69 Å². The number of nitrogens with zero attached hydrogens (tertiary/aromatic N) is 2. The van der Waals surface area contributed by atoms with E-state index in [1.165, 1.54) is 24.5 Å². The molecule has 0 aliphatic rings. The second-order valence-corrected chi connectivity index (χ2v) is 7.20. The first-order valence-corrected chi connectivity index (χ1v) is 8.38. The predicted molar refractivity (Wildman–Crippen MR) is 94.6 cm³/mol. The van der Waals surface area contributed by atoms with E-state index in [9.17, 15) is 18.0 Å². The van der Waals surface area contributed by atoms with Gasteiger partial charge in [-0.25, -0.2) is 0 Å². The number of nitrogens with one attached hydrogen (secondary N) is 1. The lowest BCUT2D eigenvalue weighted by Gasteiger charge is -2.18. The van der Waals surface area contributed by atoms with Crippen molar-refractivity contribution in [2.45, 2.75) is 45.3 Å². The molecule has 2 rings (SSSR count). The Kier molecular flexibility index (Phi) is 6.08. The van der Waals surface area contributed by atoms with Crippen molar-refractivity contribution in [3.63, 3.8) is 0 Å². The summed E-state index contributed by atoms with van der Waals surface area (Å²) in [7, 11) is 0. The third-order valence-corrected chi connectivity index (χ3v) is 3.75. The van der Waals surface area contributed by atoms with Crippen molar-refractivity contribution >= 4 is 5.91 Å². The van der Waals surface area contributed by atoms with Crippen molar-refractivity contribution in [2.24, 2.45) is 0 Å². The smallest absolute Gasteiger partial charge is 0.422 e. The zero-order valence-corrected chi connectivity index (χ0v) is 15.6. The zero-order chi connectivity index (χ0) is 20.2. The second-order valence-electron chi connectivity index (χ2n) is 7.20. The van der Waals surface area contributed by atoms with E-state index in [4.69, 9.17) is 0 Å². The maximum Gasteiger partial charge on any atom is 0.422 e. The first-order valence-electron chi connectivity index (χ1n) is 8.38. The van der Waals surface area contributed by atoms with E-state index >= 15 is 0 Å². The fourth-order valence-electron chi connectivity index (χ4n) is 2.22. The van der Waals surface area contributed by atoms with Crippen LogP contribution in [0, 0.1) is 0 Å². The van der Waals surface area contributed by atoms with E-state index < -0.39 is 18.8 Å². The lowest BCUT2D eigenvalue weighted by atomic mass is 9.91. The molecule has 0 saturated heterocycles. The predicted octanol–water partition coefficient (Wildman–Crippen LogP) is 4.21. The van der Waals surface area contributed by atoms with Gasteiger partial charge in [-0.2, -0.15) is 13.2 Å². The van der Waals surface area contributed by atoms with Crippen LogP contribution in [0.5, 0.6) is 5.75 Å². The molecule has 2 aromatic rings. The van der Waals surface area contributed by atoms with Crippen LogP contribution >= 0.6 is 0 Å². The monoisotopic (exact) mass is 381 g/mol. The van der Waals surface area contributed by atoms with Gasteiger partial charge in [-0.3, -0.25) is 14.8 Å². The van der Waals surface area contributed by atoms with Crippen molar-refractivity contribution in [1.82, 2.24) is 15.3 Å². The summed E-state index contributed by atoms with van der Waals surface area (Å²) in [5.41, 5.74) is 1.69. The summed E-state index contributed by atoms with van der Waals surface area (Å²) in [6.07, 6.45) is -1.69. The van der Waals surface area contributed by atoms with Crippen molar-refractivity contribution in [1.29, 1.82) is 0 Å². The normalized spacial score (nSPS) is 13.1. The number of rotatable bonds is 5. The van der Waals surface area contributed by atoms with Crippen LogP contribution in [-0.2, 0) is 5.41 Å². The molecule has 0 aliphatic carbocycles. The quantitative estimate of drug-likeness (QED) is 0.843. The van der Waals surface area contributed by atoms with Crippen LogP contribution in [0.15, 0.2) is 36.7 Å². The van der Waals surface area contributed by atoms with Crippen LogP contribution in [0.1, 0.15) is 55.5 Å². The Labute approximate surface area is 156 Å². The number of aromatic nitrogens is 2. The van der Waals surface area contributed by atoms with E-state index in [1.807, 2.05) is 26.8 Å². The molecule has 2 aromatic heterocycles. The molecule has 1 atom stereocenters. The van der Waals surface area contributed by atoms with E-state index in [2.05, 4.69) is 20.0 Å². The third-order valence-electron chi connectivity index (χ3n) is 3.75. The molecular formula is C19H22F3N3O2. The van der Waals surface area contributed by atoms with Gasteiger partial charge in [0, 0.05) is 17.3 Å². The summed E-state index contributed by atoms with van der Waals surface area (Å²) in [6.45, 7) is 6.45. The van der Waals surface area contributed by atoms with Gasteiger partial charge < -0.3 is 10.1 Å². The fraction of sp³-hybridized carbons (Fsp3) is 0.421. The number of carbonyl (C=O) groups is 1. The Morgan fingerprint density at radius 1 is 1.11 bits per heavy atom. The molecule has 1 N–H and O–H groups in total. The zero-order valence-electron chi connectivity index (χ0n) is 15.6. The number of hydrogen-bond donors (Lipinski definition) is 1. The van der Waals surface area contributed by atoms with Crippen molar-refractivity contribution < 1.29 is 22.7 Å². The van der Waals surface area contributed by atoms with Gasteiger partial charge in [0.2, 0.25) is 0 Å². The highest BCUT2D eigenvalue weighted by Gasteiger charge is 2.28. The number of hydrogen-bond acceptors (Lipinski definition) is 4. The lowest BCUT2D eigenvalue weighted by Crippen LogP contribution is -2.27. The Morgan fingerprint density at radius 2 is 1.81 bits per heavy atom. The molecule has 1 unspecified atom stereocenters. The Balaban J connectivity index is 1.97. The Hall–Kier alpha value is -2.64. The minimum Gasteiger partial charge on any atom is -0.483 e. The Bertz CT molecular complexity index is 767. The number of alkyl halides is 3. The van der Waals surface area contributed by atoms with Gasteiger partial charge in [0.05, 0.1) is 23.5 Å². The second kappa shape index (κ2) is 7.94. The van der Waals surface area contributed by atoms with E-state index in [0.29, 0.717) is 11.3 Å². The third kappa shape index (κ3) is 6.23. The molecule has 5 nitrogen and oxygen atoms in total. The minimum absolute atomic E-state index is 0.0107. The largest absolute Gasteiger partial charge is 0.483 e. The number of halogens is 3. The first-order chi connectivity index (χ1) is 12.5. The molecule has 0 saturated carbocycles. The first kappa shape index (κ1) is 20.7. The van der Waals surface area contributed by atoms with Gasteiger partial charge in [-0.15, -0.1) is 0 Å². The van der Waals surface area contributed by atoms with Crippen molar-refractivity contribution in [2.75, 3.05) is 6.61 Å². The average molecular weight is 381 g/mol. The van der Waals surface area contributed by atoms with Crippen LogP contribution in [0.25, 0.3) is 0 Å². The number of amides is 1. The van der Waals surface area contributed by atoms with Gasteiger partial charge in [0.25, 0.3) is 5.91 Å². The van der Waals surface area contributed by atoms with E-state index in [1.54, 1.807) is 13.0 Å². The molecule has 0 bridgehead atoms. The molecule has 0 aromatic carbocycles.